The van der Waals surface area contributed by atoms with Crippen LogP contribution in [0.15, 0.2) is 35.4 Å². The van der Waals surface area contributed by atoms with Gasteiger partial charge >= 0.3 is 5.97 Å². The van der Waals surface area contributed by atoms with Gasteiger partial charge in [0.1, 0.15) is 12.4 Å². The van der Waals surface area contributed by atoms with Gasteiger partial charge in [-0.05, 0) is 19.4 Å². The highest BCUT2D eigenvalue weighted by Gasteiger charge is 2.20. The highest BCUT2D eigenvalue weighted by atomic mass is 16.5. The highest BCUT2D eigenvalue weighted by Crippen LogP contribution is 2.10. The lowest BCUT2D eigenvalue weighted by Gasteiger charge is -2.11. The highest BCUT2D eigenvalue weighted by molar-refractivity contribution is 5.74. The SMILES string of the molecule is COC(=O)[C@@H](C)n1cnc2c(nnn2Cc2ccc(C)cc2)c1=O. The molecule has 0 N–H and O–H groups in total. The molecule has 0 aliphatic heterocycles. The van der Waals surface area contributed by atoms with E-state index >= 15 is 0 Å². The standard InChI is InChI=1S/C16H17N5O3/c1-10-4-6-12(7-5-10)8-21-14-13(18-19-21)15(22)20(9-17-14)11(2)16(23)24-3/h4-7,9,11H,8H2,1-3H3/t11-/m1/s1. The Hall–Kier alpha value is -3.03. The largest absolute Gasteiger partial charge is 0.467 e. The van der Waals surface area contributed by atoms with Gasteiger partial charge in [-0.3, -0.25) is 9.36 Å². The lowest BCUT2D eigenvalue weighted by molar-refractivity contribution is -0.144. The molecule has 0 fully saturated rings. The number of carbonyl (C=O) groups is 1. The van der Waals surface area contributed by atoms with Crippen molar-refractivity contribution in [2.75, 3.05) is 7.11 Å². The van der Waals surface area contributed by atoms with E-state index in [4.69, 9.17) is 0 Å². The van der Waals surface area contributed by atoms with Crippen LogP contribution in [0.5, 0.6) is 0 Å². The van der Waals surface area contributed by atoms with Crippen molar-refractivity contribution in [2.45, 2.75) is 26.4 Å². The fourth-order valence-corrected chi connectivity index (χ4v) is 2.40. The quantitative estimate of drug-likeness (QED) is 0.666. The number of hydrogen-bond donors (Lipinski definition) is 0. The van der Waals surface area contributed by atoms with Crippen molar-refractivity contribution in [1.29, 1.82) is 0 Å². The summed E-state index contributed by atoms with van der Waals surface area (Å²) >= 11 is 0. The van der Waals surface area contributed by atoms with Crippen molar-refractivity contribution in [2.24, 2.45) is 0 Å². The number of carbonyl (C=O) groups excluding carboxylic acids is 1. The molecule has 3 aromatic rings. The van der Waals surface area contributed by atoms with Gasteiger partial charge in [0.25, 0.3) is 5.56 Å². The maximum absolute atomic E-state index is 12.5. The molecule has 0 aliphatic rings. The predicted molar refractivity (Wildman–Crippen MR) is 86.6 cm³/mol. The van der Waals surface area contributed by atoms with Crippen LogP contribution in [-0.4, -0.2) is 37.6 Å². The van der Waals surface area contributed by atoms with Crippen LogP contribution >= 0.6 is 0 Å². The predicted octanol–water partition coefficient (Wildman–Crippen LogP) is 1.08. The Morgan fingerprint density at radius 1 is 1.29 bits per heavy atom. The smallest absolute Gasteiger partial charge is 0.328 e. The molecule has 0 spiro atoms. The van der Waals surface area contributed by atoms with Gasteiger partial charge in [0, 0.05) is 0 Å². The number of methoxy groups -OCH3 is 1. The topological polar surface area (TPSA) is 91.9 Å². The second kappa shape index (κ2) is 6.23. The first-order valence-corrected chi connectivity index (χ1v) is 7.45. The number of nitrogens with zero attached hydrogens (tertiary/aromatic N) is 5. The van der Waals surface area contributed by atoms with Crippen molar-refractivity contribution in [1.82, 2.24) is 24.5 Å². The van der Waals surface area contributed by atoms with E-state index in [1.54, 1.807) is 11.6 Å². The average Bonchev–Trinajstić information content (AvgIpc) is 3.00. The summed E-state index contributed by atoms with van der Waals surface area (Å²) in [6, 6.07) is 7.22. The number of fused-ring (bicyclic) bond motifs is 1. The van der Waals surface area contributed by atoms with E-state index in [-0.39, 0.29) is 5.52 Å². The first kappa shape index (κ1) is 15.9. The molecule has 1 atom stereocenters. The summed E-state index contributed by atoms with van der Waals surface area (Å²) in [5.74, 6) is -0.523. The van der Waals surface area contributed by atoms with Gasteiger partial charge in [-0.1, -0.05) is 35.0 Å². The third-order valence-corrected chi connectivity index (χ3v) is 3.86. The summed E-state index contributed by atoms with van der Waals surface area (Å²) < 4.78 is 7.42. The molecule has 24 heavy (non-hydrogen) atoms. The molecule has 0 aliphatic carbocycles. The number of hydrogen-bond acceptors (Lipinski definition) is 6. The summed E-state index contributed by atoms with van der Waals surface area (Å²) in [6.45, 7) is 4.04. The molecular weight excluding hydrogens is 310 g/mol. The Kier molecular flexibility index (Phi) is 4.11. The fraction of sp³-hybridized carbons (Fsp3) is 0.312. The normalized spacial score (nSPS) is 12.3. The monoisotopic (exact) mass is 327 g/mol. The minimum atomic E-state index is -0.776. The van der Waals surface area contributed by atoms with E-state index in [2.05, 4.69) is 20.0 Å². The van der Waals surface area contributed by atoms with Crippen LogP contribution in [0.3, 0.4) is 0 Å². The lowest BCUT2D eigenvalue weighted by atomic mass is 10.1. The zero-order valence-electron chi connectivity index (χ0n) is 13.6. The number of aryl methyl sites for hydroxylation is 1. The summed E-state index contributed by atoms with van der Waals surface area (Å²) in [6.07, 6.45) is 1.32. The minimum absolute atomic E-state index is 0.125. The number of ether oxygens (including phenoxy) is 1. The molecule has 2 heterocycles. The van der Waals surface area contributed by atoms with Crippen LogP contribution in [0.1, 0.15) is 24.1 Å². The number of aromatic nitrogens is 5. The van der Waals surface area contributed by atoms with Gasteiger partial charge < -0.3 is 4.74 Å². The van der Waals surface area contributed by atoms with Crippen molar-refractivity contribution >= 4 is 17.1 Å². The molecule has 0 saturated carbocycles. The fourth-order valence-electron chi connectivity index (χ4n) is 2.40. The number of benzene rings is 1. The molecule has 3 rings (SSSR count). The molecule has 0 amide bonds. The summed E-state index contributed by atoms with van der Waals surface area (Å²) in [7, 11) is 1.27. The maximum atomic E-state index is 12.5. The van der Waals surface area contributed by atoms with E-state index in [9.17, 15) is 9.59 Å². The zero-order chi connectivity index (χ0) is 17.3. The van der Waals surface area contributed by atoms with E-state index in [1.807, 2.05) is 31.2 Å². The van der Waals surface area contributed by atoms with Crippen molar-refractivity contribution < 1.29 is 9.53 Å². The Bertz CT molecular complexity index is 942. The molecule has 8 nitrogen and oxygen atoms in total. The summed E-state index contributed by atoms with van der Waals surface area (Å²) in [5.41, 5.74) is 2.28. The summed E-state index contributed by atoms with van der Waals surface area (Å²) in [4.78, 5) is 28.4. The average molecular weight is 327 g/mol. The van der Waals surface area contributed by atoms with E-state index in [0.717, 1.165) is 5.56 Å². The molecule has 2 aromatic heterocycles. The van der Waals surface area contributed by atoms with Crippen LogP contribution in [0.25, 0.3) is 11.2 Å². The number of esters is 1. The van der Waals surface area contributed by atoms with E-state index in [0.29, 0.717) is 12.2 Å². The molecular formula is C16H17N5O3. The Morgan fingerprint density at radius 3 is 2.67 bits per heavy atom. The molecule has 0 radical (unpaired) electrons. The van der Waals surface area contributed by atoms with Gasteiger partial charge in [0.2, 0.25) is 0 Å². The van der Waals surface area contributed by atoms with Crippen LogP contribution < -0.4 is 5.56 Å². The first-order chi connectivity index (χ1) is 11.5. The molecule has 8 heteroatoms. The van der Waals surface area contributed by atoms with Gasteiger partial charge in [-0.2, -0.15) is 0 Å². The molecule has 0 bridgehead atoms. The van der Waals surface area contributed by atoms with Crippen LogP contribution in [0.4, 0.5) is 0 Å². The number of rotatable bonds is 4. The Balaban J connectivity index is 1.99. The minimum Gasteiger partial charge on any atom is -0.467 e. The van der Waals surface area contributed by atoms with Gasteiger partial charge in [-0.25, -0.2) is 14.5 Å². The lowest BCUT2D eigenvalue weighted by Crippen LogP contribution is -2.29. The van der Waals surface area contributed by atoms with E-state index < -0.39 is 17.6 Å². The second-order valence-corrected chi connectivity index (χ2v) is 5.56. The first-order valence-electron chi connectivity index (χ1n) is 7.45. The third kappa shape index (κ3) is 2.78. The molecule has 0 unspecified atom stereocenters. The van der Waals surface area contributed by atoms with Gasteiger partial charge in [0.05, 0.1) is 13.7 Å². The van der Waals surface area contributed by atoms with Gasteiger partial charge in [-0.15, -0.1) is 5.10 Å². The van der Waals surface area contributed by atoms with Crippen molar-refractivity contribution in [3.8, 4) is 0 Å². The molecule has 1 aromatic carbocycles. The van der Waals surface area contributed by atoms with Crippen LogP contribution in [0, 0.1) is 6.92 Å². The Morgan fingerprint density at radius 2 is 2.00 bits per heavy atom. The Labute approximate surface area is 137 Å². The van der Waals surface area contributed by atoms with Gasteiger partial charge in [0.15, 0.2) is 11.2 Å². The molecule has 0 saturated heterocycles. The van der Waals surface area contributed by atoms with Crippen LogP contribution in [-0.2, 0) is 16.1 Å². The molecule has 124 valence electrons. The van der Waals surface area contributed by atoms with Crippen molar-refractivity contribution in [3.63, 3.8) is 0 Å². The maximum Gasteiger partial charge on any atom is 0.328 e. The summed E-state index contributed by atoms with van der Waals surface area (Å²) in [5, 5.41) is 7.94. The van der Waals surface area contributed by atoms with Crippen molar-refractivity contribution in [3.05, 3.63) is 52.1 Å². The van der Waals surface area contributed by atoms with E-state index in [1.165, 1.54) is 23.6 Å². The third-order valence-electron chi connectivity index (χ3n) is 3.86. The second-order valence-electron chi connectivity index (χ2n) is 5.56. The zero-order valence-corrected chi connectivity index (χ0v) is 13.6. The van der Waals surface area contributed by atoms with Crippen LogP contribution in [0.2, 0.25) is 0 Å².